The van der Waals surface area contributed by atoms with Crippen LogP contribution in [0.3, 0.4) is 0 Å². The minimum Gasteiger partial charge on any atom is -0.344 e. The van der Waals surface area contributed by atoms with E-state index in [1.54, 1.807) is 0 Å². The molecule has 3 nitrogen and oxygen atoms in total. The number of nitrogens with two attached hydrogens (primary N) is 1. The average Bonchev–Trinajstić information content (AvgIpc) is 2.71. The first-order valence-corrected chi connectivity index (χ1v) is 5.60. The predicted molar refractivity (Wildman–Crippen MR) is 66.0 cm³/mol. The lowest BCUT2D eigenvalue weighted by molar-refractivity contribution is 0.657. The van der Waals surface area contributed by atoms with Crippen LogP contribution in [-0.4, -0.2) is 9.97 Å². The van der Waals surface area contributed by atoms with Gasteiger partial charge >= 0.3 is 0 Å². The smallest absolute Gasteiger partial charge is 0.123 e. The lowest BCUT2D eigenvalue weighted by Crippen LogP contribution is -2.10. The monoisotopic (exact) mass is 215 g/mol. The Balaban J connectivity index is 2.40. The largest absolute Gasteiger partial charge is 0.344 e. The van der Waals surface area contributed by atoms with Gasteiger partial charge in [-0.25, -0.2) is 4.98 Å². The number of hydrogen-bond acceptors (Lipinski definition) is 2. The fourth-order valence-corrected chi connectivity index (χ4v) is 1.73. The van der Waals surface area contributed by atoms with Gasteiger partial charge in [0.25, 0.3) is 0 Å². The molecule has 1 aromatic carbocycles. The molecular weight excluding hydrogens is 198 g/mol. The SMILES string of the molecule is CC[C@@H](N)c1nc(-c2ccccc2)c(C)[nH]1. The van der Waals surface area contributed by atoms with E-state index in [4.69, 9.17) is 5.73 Å². The summed E-state index contributed by atoms with van der Waals surface area (Å²) in [5.41, 5.74) is 9.16. The number of aryl methyl sites for hydroxylation is 1. The van der Waals surface area contributed by atoms with Crippen LogP contribution in [0.5, 0.6) is 0 Å². The maximum atomic E-state index is 5.96. The Morgan fingerprint density at radius 2 is 2.00 bits per heavy atom. The van der Waals surface area contributed by atoms with Crippen LogP contribution >= 0.6 is 0 Å². The second-order valence-corrected chi connectivity index (χ2v) is 3.98. The molecule has 0 saturated heterocycles. The summed E-state index contributed by atoms with van der Waals surface area (Å²) in [6.45, 7) is 4.09. The van der Waals surface area contributed by atoms with Crippen LogP contribution in [0.4, 0.5) is 0 Å². The van der Waals surface area contributed by atoms with Gasteiger partial charge in [-0.1, -0.05) is 37.3 Å². The number of aromatic nitrogens is 2. The Morgan fingerprint density at radius 3 is 2.62 bits per heavy atom. The summed E-state index contributed by atoms with van der Waals surface area (Å²) in [5, 5.41) is 0. The first-order chi connectivity index (χ1) is 7.72. The number of nitrogens with zero attached hydrogens (tertiary/aromatic N) is 1. The summed E-state index contributed by atoms with van der Waals surface area (Å²) < 4.78 is 0. The van der Waals surface area contributed by atoms with Gasteiger partial charge in [0.05, 0.1) is 11.7 Å². The first-order valence-electron chi connectivity index (χ1n) is 5.60. The molecule has 2 rings (SSSR count). The maximum absolute atomic E-state index is 5.96. The van der Waals surface area contributed by atoms with E-state index in [0.717, 1.165) is 29.2 Å². The van der Waals surface area contributed by atoms with Crippen molar-refractivity contribution in [3.05, 3.63) is 41.9 Å². The molecule has 0 spiro atoms. The van der Waals surface area contributed by atoms with Crippen LogP contribution in [0.2, 0.25) is 0 Å². The van der Waals surface area contributed by atoms with Crippen LogP contribution in [0, 0.1) is 6.92 Å². The van der Waals surface area contributed by atoms with Gasteiger partial charge in [-0.05, 0) is 13.3 Å². The zero-order chi connectivity index (χ0) is 11.5. The Labute approximate surface area is 95.7 Å². The molecule has 2 aromatic rings. The van der Waals surface area contributed by atoms with Crippen molar-refractivity contribution in [3.8, 4) is 11.3 Å². The van der Waals surface area contributed by atoms with E-state index in [0.29, 0.717) is 0 Å². The van der Waals surface area contributed by atoms with Gasteiger partial charge in [-0.2, -0.15) is 0 Å². The Kier molecular flexibility index (Phi) is 3.06. The highest BCUT2D eigenvalue weighted by Crippen LogP contribution is 2.22. The number of hydrogen-bond donors (Lipinski definition) is 2. The summed E-state index contributed by atoms with van der Waals surface area (Å²) in [6, 6.07) is 10.2. The highest BCUT2D eigenvalue weighted by molar-refractivity contribution is 5.61. The van der Waals surface area contributed by atoms with Gasteiger partial charge in [-0.15, -0.1) is 0 Å². The van der Waals surface area contributed by atoms with Crippen LogP contribution in [0.25, 0.3) is 11.3 Å². The zero-order valence-corrected chi connectivity index (χ0v) is 9.70. The molecule has 3 heteroatoms. The molecule has 3 N–H and O–H groups in total. The molecule has 0 aliphatic heterocycles. The molecule has 0 bridgehead atoms. The summed E-state index contributed by atoms with van der Waals surface area (Å²) in [7, 11) is 0. The van der Waals surface area contributed by atoms with E-state index >= 15 is 0 Å². The van der Waals surface area contributed by atoms with Crippen LogP contribution in [0.15, 0.2) is 30.3 Å². The van der Waals surface area contributed by atoms with E-state index in [2.05, 4.69) is 29.0 Å². The van der Waals surface area contributed by atoms with Crippen molar-refractivity contribution in [2.24, 2.45) is 5.73 Å². The predicted octanol–water partition coefficient (Wildman–Crippen LogP) is 2.79. The average molecular weight is 215 g/mol. The van der Waals surface area contributed by atoms with E-state index < -0.39 is 0 Å². The zero-order valence-electron chi connectivity index (χ0n) is 9.70. The van der Waals surface area contributed by atoms with E-state index in [9.17, 15) is 0 Å². The molecule has 1 atom stereocenters. The summed E-state index contributed by atoms with van der Waals surface area (Å²) in [6.07, 6.45) is 0.890. The number of H-pyrrole nitrogens is 1. The molecule has 0 fully saturated rings. The summed E-state index contributed by atoms with van der Waals surface area (Å²) in [4.78, 5) is 7.83. The first kappa shape index (κ1) is 10.9. The van der Waals surface area contributed by atoms with Crippen LogP contribution < -0.4 is 5.73 Å². The molecule has 1 aromatic heterocycles. The number of nitrogens with one attached hydrogen (secondary N) is 1. The quantitative estimate of drug-likeness (QED) is 0.827. The van der Waals surface area contributed by atoms with Crippen molar-refractivity contribution in [2.75, 3.05) is 0 Å². The third-order valence-corrected chi connectivity index (χ3v) is 2.74. The molecular formula is C13H17N3. The molecule has 0 amide bonds. The van der Waals surface area contributed by atoms with Crippen molar-refractivity contribution < 1.29 is 0 Å². The normalized spacial score (nSPS) is 12.7. The lowest BCUT2D eigenvalue weighted by atomic mass is 10.1. The fraction of sp³-hybridized carbons (Fsp3) is 0.308. The molecule has 84 valence electrons. The van der Waals surface area contributed by atoms with Gasteiger partial charge in [0.1, 0.15) is 5.82 Å². The minimum atomic E-state index is -0.00355. The van der Waals surface area contributed by atoms with Crippen molar-refractivity contribution >= 4 is 0 Å². The maximum Gasteiger partial charge on any atom is 0.123 e. The molecule has 0 radical (unpaired) electrons. The van der Waals surface area contributed by atoms with E-state index in [-0.39, 0.29) is 6.04 Å². The second kappa shape index (κ2) is 4.49. The molecule has 0 saturated carbocycles. The third kappa shape index (κ3) is 1.99. The van der Waals surface area contributed by atoms with E-state index in [1.807, 2.05) is 25.1 Å². The third-order valence-electron chi connectivity index (χ3n) is 2.74. The molecule has 1 heterocycles. The van der Waals surface area contributed by atoms with Gasteiger partial charge in [0.15, 0.2) is 0 Å². The number of imidazole rings is 1. The second-order valence-electron chi connectivity index (χ2n) is 3.98. The fourth-order valence-electron chi connectivity index (χ4n) is 1.73. The topological polar surface area (TPSA) is 54.7 Å². The number of benzene rings is 1. The number of rotatable bonds is 3. The van der Waals surface area contributed by atoms with Crippen LogP contribution in [-0.2, 0) is 0 Å². The van der Waals surface area contributed by atoms with Crippen LogP contribution in [0.1, 0.15) is 30.9 Å². The van der Waals surface area contributed by atoms with Crippen molar-refractivity contribution in [3.63, 3.8) is 0 Å². The Bertz CT molecular complexity index is 459. The van der Waals surface area contributed by atoms with Crippen molar-refractivity contribution in [2.45, 2.75) is 26.3 Å². The molecule has 16 heavy (non-hydrogen) atoms. The van der Waals surface area contributed by atoms with Crippen molar-refractivity contribution in [1.82, 2.24) is 9.97 Å². The van der Waals surface area contributed by atoms with Gasteiger partial charge in [0, 0.05) is 11.3 Å². The summed E-state index contributed by atoms with van der Waals surface area (Å²) in [5.74, 6) is 0.874. The highest BCUT2D eigenvalue weighted by Gasteiger charge is 2.12. The molecule has 0 aliphatic carbocycles. The van der Waals surface area contributed by atoms with E-state index in [1.165, 1.54) is 0 Å². The Morgan fingerprint density at radius 1 is 1.31 bits per heavy atom. The molecule has 0 unspecified atom stereocenters. The van der Waals surface area contributed by atoms with Gasteiger partial charge in [-0.3, -0.25) is 0 Å². The van der Waals surface area contributed by atoms with Gasteiger partial charge in [0.2, 0.25) is 0 Å². The van der Waals surface area contributed by atoms with Crippen molar-refractivity contribution in [1.29, 1.82) is 0 Å². The lowest BCUT2D eigenvalue weighted by Gasteiger charge is -2.02. The Hall–Kier alpha value is -1.61. The number of aromatic amines is 1. The highest BCUT2D eigenvalue weighted by atomic mass is 15.0. The standard InChI is InChI=1S/C13H17N3/c1-3-11(14)13-15-9(2)12(16-13)10-7-5-4-6-8-10/h4-8,11H,3,14H2,1-2H3,(H,15,16)/t11-/m1/s1. The molecule has 0 aliphatic rings. The van der Waals surface area contributed by atoms with Gasteiger partial charge < -0.3 is 10.7 Å². The summed E-state index contributed by atoms with van der Waals surface area (Å²) >= 11 is 0. The minimum absolute atomic E-state index is 0.00355.